The van der Waals surface area contributed by atoms with Crippen LogP contribution in [0.5, 0.6) is 0 Å². The molecule has 0 radical (unpaired) electrons. The first-order valence-corrected chi connectivity index (χ1v) is 17.5. The minimum absolute atomic E-state index is 0.0117. The van der Waals surface area contributed by atoms with E-state index in [9.17, 15) is 14.7 Å². The Labute approximate surface area is 275 Å². The summed E-state index contributed by atoms with van der Waals surface area (Å²) in [5, 5.41) is 15.4. The van der Waals surface area contributed by atoms with Gasteiger partial charge in [0.05, 0.1) is 18.8 Å². The van der Waals surface area contributed by atoms with Crippen molar-refractivity contribution in [3.8, 4) is 0 Å². The Kier molecular flexibility index (Phi) is 13.0. The fraction of sp³-hybridized carbons (Fsp3) is 0.622. The minimum Gasteiger partial charge on any atom is -0.392 e. The summed E-state index contributed by atoms with van der Waals surface area (Å²) in [7, 11) is 0. The van der Waals surface area contributed by atoms with Crippen molar-refractivity contribution in [2.45, 2.75) is 103 Å². The highest BCUT2D eigenvalue weighted by atomic mass is 16.7. The van der Waals surface area contributed by atoms with Gasteiger partial charge in [0.2, 0.25) is 11.8 Å². The third-order valence-corrected chi connectivity index (χ3v) is 9.90. The van der Waals surface area contributed by atoms with E-state index in [-0.39, 0.29) is 36.5 Å². The van der Waals surface area contributed by atoms with E-state index < -0.39 is 6.29 Å². The standard InChI is InChI=1S/C37H54N4O5/c1-27-34(25-41-22-8-9-33(41)24-40-20-6-7-21-40)45-37(46-36(27)31-15-13-30(26-42)14-16-31)32-17-11-29(12-18-32)23-39-35(44)10-4-3-5-19-38-28(2)43/h11-18,27,33-34,36-37,42H,3-10,19-26H2,1-2H3,(H,38,43)(H,39,44). The molecule has 5 rings (SSSR count). The first kappa shape index (κ1) is 34.5. The highest BCUT2D eigenvalue weighted by Gasteiger charge is 2.40. The summed E-state index contributed by atoms with van der Waals surface area (Å²) in [5.41, 5.74) is 4.00. The number of amides is 2. The van der Waals surface area contributed by atoms with Gasteiger partial charge in [0.25, 0.3) is 0 Å². The first-order valence-electron chi connectivity index (χ1n) is 17.5. The number of rotatable bonds is 15. The number of carbonyl (C=O) groups is 2. The predicted molar refractivity (Wildman–Crippen MR) is 179 cm³/mol. The van der Waals surface area contributed by atoms with E-state index in [0.717, 1.165) is 61.2 Å². The molecule has 0 aromatic heterocycles. The number of likely N-dealkylation sites (tertiary alicyclic amines) is 2. The second-order valence-corrected chi connectivity index (χ2v) is 13.4. The Hall–Kier alpha value is -2.82. The average Bonchev–Trinajstić information content (AvgIpc) is 3.75. The van der Waals surface area contributed by atoms with Gasteiger partial charge in [-0.3, -0.25) is 14.5 Å². The van der Waals surface area contributed by atoms with Crippen LogP contribution in [-0.4, -0.2) is 78.1 Å². The van der Waals surface area contributed by atoms with Gasteiger partial charge in [-0.2, -0.15) is 0 Å². The van der Waals surface area contributed by atoms with Gasteiger partial charge in [-0.25, -0.2) is 0 Å². The molecule has 2 aromatic rings. The van der Waals surface area contributed by atoms with E-state index in [1.165, 1.54) is 45.7 Å². The SMILES string of the molecule is CC(=O)NCCCCCC(=O)NCc1ccc(C2OC(CN3CCCC3CN3CCCC3)C(C)C(c3ccc(CO)cc3)O2)cc1. The zero-order valence-corrected chi connectivity index (χ0v) is 27.8. The van der Waals surface area contributed by atoms with Gasteiger partial charge in [-0.05, 0) is 74.8 Å². The third-order valence-electron chi connectivity index (χ3n) is 9.90. The monoisotopic (exact) mass is 634 g/mol. The lowest BCUT2D eigenvalue weighted by molar-refractivity contribution is -0.276. The Morgan fingerprint density at radius 2 is 1.57 bits per heavy atom. The summed E-state index contributed by atoms with van der Waals surface area (Å²) >= 11 is 0. The molecule has 9 heteroatoms. The molecule has 3 N–H and O–H groups in total. The lowest BCUT2D eigenvalue weighted by atomic mass is 9.90. The summed E-state index contributed by atoms with van der Waals surface area (Å²) in [4.78, 5) is 28.6. The number of aliphatic hydroxyl groups excluding tert-OH is 1. The number of benzene rings is 2. The van der Waals surface area contributed by atoms with Crippen molar-refractivity contribution >= 4 is 11.8 Å². The van der Waals surface area contributed by atoms with Crippen LogP contribution in [0.2, 0.25) is 0 Å². The van der Waals surface area contributed by atoms with Gasteiger partial charge in [0, 0.05) is 57.0 Å². The second kappa shape index (κ2) is 17.4. The molecule has 3 fully saturated rings. The topological polar surface area (TPSA) is 103 Å². The van der Waals surface area contributed by atoms with E-state index in [2.05, 4.69) is 51.6 Å². The number of hydrogen-bond acceptors (Lipinski definition) is 7. The van der Waals surface area contributed by atoms with E-state index in [1.54, 1.807) is 0 Å². The molecule has 2 amide bonds. The summed E-state index contributed by atoms with van der Waals surface area (Å²) in [6.45, 7) is 10.5. The largest absolute Gasteiger partial charge is 0.392 e. The minimum atomic E-state index is -0.496. The lowest BCUT2D eigenvalue weighted by Crippen LogP contribution is -2.48. The number of ether oxygens (including phenoxy) is 2. The summed E-state index contributed by atoms with van der Waals surface area (Å²) in [6.07, 6.45) is 7.59. The Morgan fingerprint density at radius 3 is 2.28 bits per heavy atom. The molecule has 9 nitrogen and oxygen atoms in total. The van der Waals surface area contributed by atoms with Crippen molar-refractivity contribution in [3.05, 3.63) is 70.8 Å². The molecule has 2 aromatic carbocycles. The maximum atomic E-state index is 12.4. The smallest absolute Gasteiger partial charge is 0.220 e. The first-order chi connectivity index (χ1) is 22.4. The molecule has 0 saturated carbocycles. The zero-order chi connectivity index (χ0) is 32.3. The van der Waals surface area contributed by atoms with Crippen molar-refractivity contribution in [1.82, 2.24) is 20.4 Å². The fourth-order valence-electron chi connectivity index (χ4n) is 7.10. The molecule has 3 saturated heterocycles. The molecule has 0 bridgehead atoms. The van der Waals surface area contributed by atoms with Crippen LogP contribution in [0.15, 0.2) is 48.5 Å². The van der Waals surface area contributed by atoms with Crippen molar-refractivity contribution in [2.24, 2.45) is 5.92 Å². The molecular formula is C37H54N4O5. The fourth-order valence-corrected chi connectivity index (χ4v) is 7.10. The number of aliphatic hydroxyl groups is 1. The van der Waals surface area contributed by atoms with Crippen LogP contribution < -0.4 is 10.6 Å². The van der Waals surface area contributed by atoms with Crippen molar-refractivity contribution < 1.29 is 24.2 Å². The van der Waals surface area contributed by atoms with Gasteiger partial charge >= 0.3 is 0 Å². The number of unbranched alkanes of at least 4 members (excludes halogenated alkanes) is 2. The predicted octanol–water partition coefficient (Wildman–Crippen LogP) is 4.84. The highest BCUT2D eigenvalue weighted by Crippen LogP contribution is 2.42. The van der Waals surface area contributed by atoms with Gasteiger partial charge in [0.1, 0.15) is 0 Å². The lowest BCUT2D eigenvalue weighted by Gasteiger charge is -2.43. The molecule has 3 heterocycles. The van der Waals surface area contributed by atoms with Crippen LogP contribution in [-0.2, 0) is 32.2 Å². The third kappa shape index (κ3) is 9.84. The molecule has 5 unspecified atom stereocenters. The quantitative estimate of drug-likeness (QED) is 0.241. The molecule has 5 atom stereocenters. The van der Waals surface area contributed by atoms with E-state index in [1.807, 2.05) is 24.3 Å². The molecule has 3 aliphatic heterocycles. The Bertz CT molecular complexity index is 1230. The van der Waals surface area contributed by atoms with Crippen molar-refractivity contribution in [1.29, 1.82) is 0 Å². The maximum Gasteiger partial charge on any atom is 0.220 e. The zero-order valence-electron chi connectivity index (χ0n) is 27.8. The van der Waals surface area contributed by atoms with Gasteiger partial charge in [-0.15, -0.1) is 0 Å². The molecule has 0 spiro atoms. The highest BCUT2D eigenvalue weighted by molar-refractivity contribution is 5.75. The number of nitrogens with one attached hydrogen (secondary N) is 2. The van der Waals surface area contributed by atoms with Crippen LogP contribution in [0.3, 0.4) is 0 Å². The van der Waals surface area contributed by atoms with Gasteiger partial charge < -0.3 is 30.1 Å². The van der Waals surface area contributed by atoms with Gasteiger partial charge in [0.15, 0.2) is 6.29 Å². The van der Waals surface area contributed by atoms with Crippen LogP contribution in [0.25, 0.3) is 0 Å². The van der Waals surface area contributed by atoms with Crippen molar-refractivity contribution in [2.75, 3.05) is 39.3 Å². The summed E-state index contributed by atoms with van der Waals surface area (Å²) < 4.78 is 13.5. The average molecular weight is 635 g/mol. The number of nitrogens with zero attached hydrogens (tertiary/aromatic N) is 2. The van der Waals surface area contributed by atoms with Gasteiger partial charge in [-0.1, -0.05) is 61.9 Å². The van der Waals surface area contributed by atoms with Crippen LogP contribution in [0.1, 0.15) is 99.9 Å². The molecule has 3 aliphatic rings. The van der Waals surface area contributed by atoms with E-state index in [4.69, 9.17) is 9.47 Å². The Morgan fingerprint density at radius 1 is 0.848 bits per heavy atom. The van der Waals surface area contributed by atoms with E-state index >= 15 is 0 Å². The van der Waals surface area contributed by atoms with Crippen LogP contribution >= 0.6 is 0 Å². The Balaban J connectivity index is 1.20. The molecular weight excluding hydrogens is 580 g/mol. The number of hydrogen-bond donors (Lipinski definition) is 3. The molecule has 252 valence electrons. The molecule has 0 aliphatic carbocycles. The summed E-state index contributed by atoms with van der Waals surface area (Å²) in [6, 6.07) is 16.9. The molecule has 46 heavy (non-hydrogen) atoms. The maximum absolute atomic E-state index is 12.4. The van der Waals surface area contributed by atoms with E-state index in [0.29, 0.717) is 25.6 Å². The van der Waals surface area contributed by atoms with Crippen LogP contribution in [0, 0.1) is 5.92 Å². The normalized spacial score (nSPS) is 25.5. The summed E-state index contributed by atoms with van der Waals surface area (Å²) in [5.74, 6) is 0.181. The second-order valence-electron chi connectivity index (χ2n) is 13.4. The van der Waals surface area contributed by atoms with Crippen molar-refractivity contribution in [3.63, 3.8) is 0 Å². The van der Waals surface area contributed by atoms with Crippen LogP contribution in [0.4, 0.5) is 0 Å². The number of carbonyl (C=O) groups excluding carboxylic acids is 2.